The van der Waals surface area contributed by atoms with Crippen molar-refractivity contribution in [3.05, 3.63) is 60.8 Å². The van der Waals surface area contributed by atoms with E-state index in [1.54, 1.807) is 0 Å². The van der Waals surface area contributed by atoms with Crippen molar-refractivity contribution in [3.8, 4) is 0 Å². The first-order valence-corrected chi connectivity index (χ1v) is 30.3. The number of ether oxygens (including phenoxy) is 2. The highest BCUT2D eigenvalue weighted by atomic mass is 16.6. The van der Waals surface area contributed by atoms with Crippen molar-refractivity contribution in [2.24, 2.45) is 0 Å². The van der Waals surface area contributed by atoms with Gasteiger partial charge in [0.1, 0.15) is 6.61 Å². The maximum absolute atomic E-state index is 12.3. The molecule has 69 heavy (non-hydrogen) atoms. The zero-order valence-corrected chi connectivity index (χ0v) is 46.1. The summed E-state index contributed by atoms with van der Waals surface area (Å²) in [6, 6.07) is 0. The van der Waals surface area contributed by atoms with Gasteiger partial charge in [-0.1, -0.05) is 306 Å². The Kier molecular flexibility index (Phi) is 57.8. The summed E-state index contributed by atoms with van der Waals surface area (Å²) < 4.78 is 10.7. The normalized spacial score (nSPS) is 12.6. The second-order valence-electron chi connectivity index (χ2n) is 20.4. The third-order valence-electron chi connectivity index (χ3n) is 13.6. The number of aliphatic hydroxyl groups is 1. The van der Waals surface area contributed by atoms with E-state index in [0.29, 0.717) is 12.8 Å². The third-order valence-corrected chi connectivity index (χ3v) is 13.6. The van der Waals surface area contributed by atoms with E-state index >= 15 is 0 Å². The zero-order valence-electron chi connectivity index (χ0n) is 46.1. The molecule has 0 aromatic heterocycles. The van der Waals surface area contributed by atoms with Crippen molar-refractivity contribution in [3.63, 3.8) is 0 Å². The number of hydrogen-bond acceptors (Lipinski definition) is 5. The molecule has 0 aromatic rings. The largest absolute Gasteiger partial charge is 0.462 e. The lowest BCUT2D eigenvalue weighted by Crippen LogP contribution is -2.28. The SMILES string of the molecule is CC/C=C\C/C=C\C/C=C\C/C=C\C/C=C\CCCCCCCCCCCCCCCCCCCC(=O)OC(CO)COC(=O)CCCCCCCCCCCCCCCCCCCCCCCC. The van der Waals surface area contributed by atoms with Gasteiger partial charge in [-0.05, 0) is 57.8 Å². The maximum Gasteiger partial charge on any atom is 0.306 e. The Bertz CT molecular complexity index is 1180. The van der Waals surface area contributed by atoms with Gasteiger partial charge in [-0.2, -0.15) is 0 Å². The molecule has 0 fully saturated rings. The van der Waals surface area contributed by atoms with Crippen LogP contribution in [0.4, 0.5) is 0 Å². The van der Waals surface area contributed by atoms with E-state index in [9.17, 15) is 14.7 Å². The fourth-order valence-corrected chi connectivity index (χ4v) is 9.06. The van der Waals surface area contributed by atoms with Crippen molar-refractivity contribution in [2.45, 2.75) is 322 Å². The predicted molar refractivity (Wildman–Crippen MR) is 302 cm³/mol. The van der Waals surface area contributed by atoms with E-state index < -0.39 is 6.10 Å². The van der Waals surface area contributed by atoms with Gasteiger partial charge in [-0.15, -0.1) is 0 Å². The molecule has 1 atom stereocenters. The van der Waals surface area contributed by atoms with Crippen LogP contribution in [0, 0.1) is 0 Å². The molecule has 0 aromatic carbocycles. The highest BCUT2D eigenvalue weighted by molar-refractivity contribution is 5.70. The Morgan fingerprint density at radius 1 is 0.348 bits per heavy atom. The van der Waals surface area contributed by atoms with E-state index in [4.69, 9.17) is 9.47 Å². The Morgan fingerprint density at radius 3 is 0.942 bits per heavy atom. The van der Waals surface area contributed by atoms with Gasteiger partial charge in [0.05, 0.1) is 6.61 Å². The predicted octanol–water partition coefficient (Wildman–Crippen LogP) is 20.6. The minimum atomic E-state index is -0.771. The molecule has 0 rings (SSSR count). The highest BCUT2D eigenvalue weighted by Gasteiger charge is 2.16. The summed E-state index contributed by atoms with van der Waals surface area (Å²) in [6.07, 6.45) is 80.7. The van der Waals surface area contributed by atoms with Crippen LogP contribution >= 0.6 is 0 Å². The molecular weight excluding hydrogens is 849 g/mol. The smallest absolute Gasteiger partial charge is 0.306 e. The molecule has 5 nitrogen and oxygen atoms in total. The second-order valence-corrected chi connectivity index (χ2v) is 20.4. The third kappa shape index (κ3) is 58.1. The molecular formula is C64H116O5. The summed E-state index contributed by atoms with van der Waals surface area (Å²) in [5, 5.41) is 9.67. The van der Waals surface area contributed by atoms with Gasteiger partial charge in [-0.3, -0.25) is 9.59 Å². The molecule has 0 heterocycles. The number of aliphatic hydroxyl groups excluding tert-OH is 1. The molecule has 5 heteroatoms. The van der Waals surface area contributed by atoms with Crippen molar-refractivity contribution in [1.29, 1.82) is 0 Å². The Hall–Kier alpha value is -2.40. The molecule has 1 unspecified atom stereocenters. The van der Waals surface area contributed by atoms with Gasteiger partial charge >= 0.3 is 11.9 Å². The van der Waals surface area contributed by atoms with Gasteiger partial charge in [0.25, 0.3) is 0 Å². The van der Waals surface area contributed by atoms with Gasteiger partial charge in [-0.25, -0.2) is 0 Å². The first-order chi connectivity index (χ1) is 34.1. The lowest BCUT2D eigenvalue weighted by Gasteiger charge is -2.15. The van der Waals surface area contributed by atoms with Crippen molar-refractivity contribution in [2.75, 3.05) is 13.2 Å². The number of carbonyl (C=O) groups is 2. The Morgan fingerprint density at radius 2 is 0.623 bits per heavy atom. The highest BCUT2D eigenvalue weighted by Crippen LogP contribution is 2.18. The van der Waals surface area contributed by atoms with Crippen LogP contribution in [0.3, 0.4) is 0 Å². The molecule has 0 spiro atoms. The van der Waals surface area contributed by atoms with E-state index in [1.165, 1.54) is 225 Å². The second kappa shape index (κ2) is 59.9. The van der Waals surface area contributed by atoms with Gasteiger partial charge < -0.3 is 14.6 Å². The molecule has 402 valence electrons. The van der Waals surface area contributed by atoms with Gasteiger partial charge in [0.2, 0.25) is 0 Å². The molecule has 0 aliphatic rings. The van der Waals surface area contributed by atoms with Crippen LogP contribution in [-0.4, -0.2) is 36.4 Å². The van der Waals surface area contributed by atoms with E-state index in [0.717, 1.165) is 64.2 Å². The first-order valence-electron chi connectivity index (χ1n) is 30.3. The van der Waals surface area contributed by atoms with Crippen molar-refractivity contribution >= 4 is 11.9 Å². The van der Waals surface area contributed by atoms with E-state index in [1.807, 2.05) is 0 Å². The lowest BCUT2D eigenvalue weighted by molar-refractivity contribution is -0.161. The van der Waals surface area contributed by atoms with Crippen LogP contribution in [0.2, 0.25) is 0 Å². The first kappa shape index (κ1) is 66.6. The summed E-state index contributed by atoms with van der Waals surface area (Å²) in [5.41, 5.74) is 0. The molecule has 0 aliphatic heterocycles. The Labute approximate surface area is 430 Å². The fraction of sp³-hybridized carbons (Fsp3) is 0.812. The fourth-order valence-electron chi connectivity index (χ4n) is 9.06. The van der Waals surface area contributed by atoms with Crippen LogP contribution in [0.25, 0.3) is 0 Å². The summed E-state index contributed by atoms with van der Waals surface area (Å²) in [6.45, 7) is 4.07. The van der Waals surface area contributed by atoms with Gasteiger partial charge in [0.15, 0.2) is 6.10 Å². The van der Waals surface area contributed by atoms with Crippen LogP contribution < -0.4 is 0 Å². The van der Waals surface area contributed by atoms with Crippen molar-refractivity contribution in [1.82, 2.24) is 0 Å². The number of carbonyl (C=O) groups excluding carboxylic acids is 2. The Balaban J connectivity index is 3.43. The maximum atomic E-state index is 12.3. The standard InChI is InChI=1S/C64H116O5/c1-3-5-7-9-11-13-15-17-19-21-23-25-27-28-29-30-31-32-33-34-35-36-37-39-41-43-45-47-49-51-53-55-57-59-64(67)69-62(60-65)61-68-63(66)58-56-54-52-50-48-46-44-42-40-38-26-24-22-20-18-16-14-12-10-8-6-4-2/h5,7,11,13,17,19,23,25,28-29,62,65H,3-4,6,8-10,12,14-16,18,20-22,24,26-27,30-61H2,1-2H3/b7-5-,13-11-,19-17-,25-23-,29-28-. The van der Waals surface area contributed by atoms with Gasteiger partial charge in [0, 0.05) is 12.8 Å². The monoisotopic (exact) mass is 965 g/mol. The number of allylic oxidation sites excluding steroid dienone is 10. The van der Waals surface area contributed by atoms with Crippen LogP contribution in [0.15, 0.2) is 60.8 Å². The molecule has 0 saturated heterocycles. The van der Waals surface area contributed by atoms with Crippen molar-refractivity contribution < 1.29 is 24.2 Å². The molecule has 0 saturated carbocycles. The van der Waals surface area contributed by atoms with Crippen LogP contribution in [0.1, 0.15) is 316 Å². The molecule has 0 aliphatic carbocycles. The number of hydrogen-bond donors (Lipinski definition) is 1. The summed E-state index contributed by atoms with van der Waals surface area (Å²) in [7, 11) is 0. The average molecular weight is 966 g/mol. The average Bonchev–Trinajstić information content (AvgIpc) is 3.35. The van der Waals surface area contributed by atoms with E-state index in [2.05, 4.69) is 74.6 Å². The quantitative estimate of drug-likeness (QED) is 0.0373. The number of esters is 2. The topological polar surface area (TPSA) is 72.8 Å². The summed E-state index contributed by atoms with van der Waals surface area (Å²) >= 11 is 0. The molecule has 0 bridgehead atoms. The molecule has 1 N–H and O–H groups in total. The minimum absolute atomic E-state index is 0.0612. The number of unbranched alkanes of at least 4 members (excludes halogenated alkanes) is 38. The van der Waals surface area contributed by atoms with Crippen LogP contribution in [-0.2, 0) is 19.1 Å². The lowest BCUT2D eigenvalue weighted by atomic mass is 10.0. The summed E-state index contributed by atoms with van der Waals surface area (Å²) in [4.78, 5) is 24.6. The van der Waals surface area contributed by atoms with Crippen LogP contribution in [0.5, 0.6) is 0 Å². The summed E-state index contributed by atoms with van der Waals surface area (Å²) in [5.74, 6) is -0.573. The number of rotatable bonds is 56. The zero-order chi connectivity index (χ0) is 49.9. The van der Waals surface area contributed by atoms with E-state index in [-0.39, 0.29) is 25.2 Å². The minimum Gasteiger partial charge on any atom is -0.462 e. The molecule has 0 amide bonds. The molecule has 0 radical (unpaired) electrons.